The number of hydrogen-bond donors (Lipinski definition) is 1. The van der Waals surface area contributed by atoms with Gasteiger partial charge in [-0.15, -0.1) is 0 Å². The number of rotatable bonds is 0. The fraction of sp³-hybridized carbons (Fsp3) is 0.750. The summed E-state index contributed by atoms with van der Waals surface area (Å²) in [7, 11) is 0. The van der Waals surface area contributed by atoms with E-state index in [0.717, 1.165) is 6.92 Å². The molecule has 0 saturated carbocycles. The average Bonchev–Trinajstić information content (AvgIpc) is 1.71. The standard InChI is InChI=1S/C2H4O2.2CH3.OS.Sn/c1-2(3)4;;;1-2;/h1H3,(H,3,4);2*1H3;;. The van der Waals surface area contributed by atoms with Crippen LogP contribution in [0.25, 0.3) is 0 Å². The Hall–Kier alpha value is 0.289. The van der Waals surface area contributed by atoms with Crippen LogP contribution in [-0.2, 0) is 17.3 Å². The average molecular weight is 257 g/mol. The summed E-state index contributed by atoms with van der Waals surface area (Å²) in [5.41, 5.74) is 0. The first-order valence-corrected chi connectivity index (χ1v) is 8.14. The van der Waals surface area contributed by atoms with Crippen molar-refractivity contribution in [3.05, 3.63) is 0 Å². The molecule has 0 fully saturated rings. The maximum atomic E-state index is 9.00. The van der Waals surface area contributed by atoms with Crippen LogP contribution in [-0.4, -0.2) is 36.4 Å². The molecule has 0 unspecified atom stereocenters. The van der Waals surface area contributed by atoms with Crippen molar-refractivity contribution in [3.8, 4) is 0 Å². The Balaban J connectivity index is -0.0000000646. The quantitative estimate of drug-likeness (QED) is 0.643. The molecule has 0 atom stereocenters. The summed E-state index contributed by atoms with van der Waals surface area (Å²) in [6.07, 6.45) is 0. The van der Waals surface area contributed by atoms with Gasteiger partial charge in [-0.25, -0.2) is 0 Å². The van der Waals surface area contributed by atoms with Gasteiger partial charge in [-0.2, -0.15) is 4.21 Å². The maximum absolute atomic E-state index is 9.00. The second-order valence-electron chi connectivity index (χ2n) is 1.02. The van der Waals surface area contributed by atoms with Gasteiger partial charge in [0.25, 0.3) is 5.97 Å². The molecule has 0 aliphatic heterocycles. The van der Waals surface area contributed by atoms with Crippen molar-refractivity contribution in [1.29, 1.82) is 0 Å². The predicted octanol–water partition coefficient (Wildman–Crippen LogP) is 0.541. The van der Waals surface area contributed by atoms with E-state index in [2.05, 4.69) is 22.4 Å². The zero-order chi connectivity index (χ0) is 8.28. The van der Waals surface area contributed by atoms with Crippen LogP contribution < -0.4 is 0 Å². The topological polar surface area (TPSA) is 54.4 Å². The summed E-state index contributed by atoms with van der Waals surface area (Å²) in [6.45, 7) is 1.08. The van der Waals surface area contributed by atoms with Gasteiger partial charge in [0, 0.05) is 6.92 Å². The summed E-state index contributed by atoms with van der Waals surface area (Å²) in [6, 6.07) is 0. The third-order valence-corrected chi connectivity index (χ3v) is 0. The first-order valence-electron chi connectivity index (χ1n) is 2.09. The van der Waals surface area contributed by atoms with Gasteiger partial charge in [-0.05, 0) is 0 Å². The van der Waals surface area contributed by atoms with Gasteiger partial charge in [0.15, 0.2) is 12.5 Å². The third-order valence-electron chi connectivity index (χ3n) is 0. The van der Waals surface area contributed by atoms with Crippen LogP contribution in [0, 0.1) is 0 Å². The third kappa shape index (κ3) is 3930. The number of carboxylic acids is 1. The molecule has 5 heteroatoms. The first kappa shape index (κ1) is 16.1. The van der Waals surface area contributed by atoms with E-state index in [0.29, 0.717) is 0 Å². The number of carbonyl (C=O) groups is 1. The van der Waals surface area contributed by atoms with E-state index in [1.54, 1.807) is 0 Å². The Bertz CT molecular complexity index is 55.8. The van der Waals surface area contributed by atoms with Crippen molar-refractivity contribution in [1.82, 2.24) is 0 Å². The van der Waals surface area contributed by atoms with Crippen LogP contribution in [0.1, 0.15) is 6.92 Å². The molecule has 54 valence electrons. The van der Waals surface area contributed by atoms with E-state index < -0.39 is 5.97 Å². The zero-order valence-corrected chi connectivity index (χ0v) is 9.34. The second-order valence-corrected chi connectivity index (χ2v) is 3.87. The van der Waals surface area contributed by atoms with E-state index in [1.807, 2.05) is 0 Å². The normalized spacial score (nSPS) is 5.22. The molecule has 0 spiro atoms. The Morgan fingerprint density at radius 3 is 1.44 bits per heavy atom. The van der Waals surface area contributed by atoms with Crippen LogP contribution in [0.5, 0.6) is 0 Å². The summed E-state index contributed by atoms with van der Waals surface area (Å²) in [5.74, 6) is -0.833. The minimum absolute atomic E-state index is 0.230. The molecule has 0 aromatic carbocycles. The van der Waals surface area contributed by atoms with Gasteiger partial charge in [0.05, 0.1) is 0 Å². The number of hydrogen-bond acceptors (Lipinski definition) is 3. The summed E-state index contributed by atoms with van der Waals surface area (Å²) in [4.78, 5) is 13.6. The van der Waals surface area contributed by atoms with Crippen molar-refractivity contribution in [2.45, 2.75) is 16.8 Å². The van der Waals surface area contributed by atoms with Crippen molar-refractivity contribution in [3.63, 3.8) is 0 Å². The number of aliphatic carboxylic acids is 1. The Labute approximate surface area is 70.6 Å². The summed E-state index contributed by atoms with van der Waals surface area (Å²) >= 11 is 3.06. The predicted molar refractivity (Wildman–Crippen MR) is 38.9 cm³/mol. The van der Waals surface area contributed by atoms with Crippen LogP contribution in [0.3, 0.4) is 0 Å². The Kier molecular flexibility index (Phi) is 42.9. The molecule has 0 rings (SSSR count). The van der Waals surface area contributed by atoms with Crippen LogP contribution in [0.2, 0.25) is 9.88 Å². The van der Waals surface area contributed by atoms with E-state index >= 15 is 0 Å². The molecule has 0 aromatic heterocycles. The fourth-order valence-corrected chi connectivity index (χ4v) is 0. The van der Waals surface area contributed by atoms with Crippen LogP contribution >= 0.6 is 0 Å². The molecule has 2 radical (unpaired) electrons. The monoisotopic (exact) mass is 258 g/mol. The molecular formula is C4H10O3SSn. The molecule has 0 saturated heterocycles. The van der Waals surface area contributed by atoms with Crippen LogP contribution in [0.4, 0.5) is 0 Å². The second kappa shape index (κ2) is 23.9. The molecular weight excluding hydrogens is 247 g/mol. The van der Waals surface area contributed by atoms with Crippen molar-refractivity contribution < 1.29 is 14.1 Å². The van der Waals surface area contributed by atoms with Gasteiger partial charge in [-0.3, -0.25) is 4.79 Å². The molecule has 1 N–H and O–H groups in total. The molecule has 0 amide bonds. The molecule has 0 bridgehead atoms. The minimum atomic E-state index is -0.833. The van der Waals surface area contributed by atoms with E-state index in [9.17, 15) is 0 Å². The van der Waals surface area contributed by atoms with E-state index in [-0.39, 0.29) is 21.1 Å². The van der Waals surface area contributed by atoms with Crippen LogP contribution in [0.15, 0.2) is 0 Å². The van der Waals surface area contributed by atoms with Gasteiger partial charge in [-0.1, -0.05) is 0 Å². The number of carboxylic acid groups (broad SMARTS) is 1. The Morgan fingerprint density at radius 2 is 1.44 bits per heavy atom. The van der Waals surface area contributed by atoms with Gasteiger partial charge in [0.2, 0.25) is 0 Å². The summed E-state index contributed by atoms with van der Waals surface area (Å²) in [5, 5.41) is 7.42. The van der Waals surface area contributed by atoms with E-state index in [1.165, 1.54) is 0 Å². The van der Waals surface area contributed by atoms with Gasteiger partial charge in [0.1, 0.15) is 0 Å². The molecule has 0 aliphatic carbocycles. The SMILES string of the molecule is CC(=O)O.O=S.[CH3][Sn][CH3]. The molecule has 0 heterocycles. The van der Waals surface area contributed by atoms with Crippen molar-refractivity contribution in [2.75, 3.05) is 0 Å². The Morgan fingerprint density at radius 1 is 1.44 bits per heavy atom. The van der Waals surface area contributed by atoms with Crippen molar-refractivity contribution >= 4 is 39.6 Å². The molecule has 3 nitrogen and oxygen atoms in total. The van der Waals surface area contributed by atoms with Gasteiger partial charge >= 0.3 is 31.0 Å². The molecule has 0 aliphatic rings. The van der Waals surface area contributed by atoms with Gasteiger partial charge < -0.3 is 5.11 Å². The molecule has 0 aromatic rings. The summed E-state index contributed by atoms with van der Waals surface area (Å²) < 4.78 is 7.83. The fourth-order valence-electron chi connectivity index (χ4n) is 0. The van der Waals surface area contributed by atoms with E-state index in [4.69, 9.17) is 14.1 Å². The first-order chi connectivity index (χ1) is 4.15. The zero-order valence-electron chi connectivity index (χ0n) is 5.67. The van der Waals surface area contributed by atoms with Crippen molar-refractivity contribution in [2.24, 2.45) is 0 Å². The molecule has 9 heavy (non-hydrogen) atoms.